The van der Waals surface area contributed by atoms with E-state index in [0.29, 0.717) is 23.9 Å². The van der Waals surface area contributed by atoms with Gasteiger partial charge >= 0.3 is 0 Å². The predicted octanol–water partition coefficient (Wildman–Crippen LogP) is 0.893. The van der Waals surface area contributed by atoms with Gasteiger partial charge in [-0.25, -0.2) is 10.8 Å². The fourth-order valence-corrected chi connectivity index (χ4v) is 1.98. The maximum absolute atomic E-state index is 9.95. The molecule has 1 unspecified atom stereocenters. The molecule has 1 aromatic rings. The lowest BCUT2D eigenvalue weighted by atomic mass is 10.1. The van der Waals surface area contributed by atoms with Gasteiger partial charge in [-0.1, -0.05) is 6.07 Å². The molecular weight excluding hydrogens is 224 g/mol. The van der Waals surface area contributed by atoms with Crippen LogP contribution >= 0.6 is 11.8 Å². The van der Waals surface area contributed by atoms with Gasteiger partial charge in [0.25, 0.3) is 0 Å². The van der Waals surface area contributed by atoms with Crippen LogP contribution in [0.3, 0.4) is 0 Å². The molecule has 0 fully saturated rings. The Balaban J connectivity index is 2.53. The van der Waals surface area contributed by atoms with E-state index in [1.54, 1.807) is 24.8 Å². The molecule has 90 valence electrons. The monoisotopic (exact) mass is 242 g/mol. The quantitative estimate of drug-likeness (QED) is 0.438. The lowest BCUT2D eigenvalue weighted by Crippen LogP contribution is -2.36. The van der Waals surface area contributed by atoms with Crippen LogP contribution in [-0.4, -0.2) is 34.2 Å². The Kier molecular flexibility index (Phi) is 4.85. The van der Waals surface area contributed by atoms with Crippen LogP contribution in [0.1, 0.15) is 6.92 Å². The Morgan fingerprint density at radius 2 is 2.19 bits per heavy atom. The van der Waals surface area contributed by atoms with Crippen molar-refractivity contribution in [2.24, 2.45) is 5.84 Å². The highest BCUT2D eigenvalue weighted by Crippen LogP contribution is 2.13. The normalized spacial score (nSPS) is 14.2. The van der Waals surface area contributed by atoms with Crippen LogP contribution in [0.5, 0.6) is 0 Å². The molecule has 0 bridgehead atoms. The molecule has 6 heteroatoms. The fourth-order valence-electron chi connectivity index (χ4n) is 1.26. The third-order valence-electron chi connectivity index (χ3n) is 2.00. The highest BCUT2D eigenvalue weighted by atomic mass is 32.2. The summed E-state index contributed by atoms with van der Waals surface area (Å²) < 4.78 is 0. The van der Waals surface area contributed by atoms with Gasteiger partial charge in [0.05, 0.1) is 5.60 Å². The van der Waals surface area contributed by atoms with Crippen molar-refractivity contribution in [1.29, 1.82) is 0 Å². The molecule has 5 N–H and O–H groups in total. The van der Waals surface area contributed by atoms with E-state index in [-0.39, 0.29) is 0 Å². The number of pyridine rings is 1. The first kappa shape index (κ1) is 13.1. The highest BCUT2D eigenvalue weighted by Gasteiger charge is 2.19. The molecule has 1 heterocycles. The van der Waals surface area contributed by atoms with E-state index in [9.17, 15) is 5.11 Å². The van der Waals surface area contributed by atoms with Crippen LogP contribution in [0.15, 0.2) is 18.2 Å². The Morgan fingerprint density at radius 1 is 1.50 bits per heavy atom. The van der Waals surface area contributed by atoms with Crippen LogP contribution in [0.4, 0.5) is 11.6 Å². The van der Waals surface area contributed by atoms with Crippen molar-refractivity contribution < 1.29 is 5.11 Å². The Morgan fingerprint density at radius 3 is 2.81 bits per heavy atom. The first-order valence-electron chi connectivity index (χ1n) is 4.96. The Labute approximate surface area is 99.8 Å². The van der Waals surface area contributed by atoms with Crippen LogP contribution in [0, 0.1) is 0 Å². The number of anilines is 2. The first-order valence-corrected chi connectivity index (χ1v) is 6.35. The zero-order valence-corrected chi connectivity index (χ0v) is 10.3. The molecule has 0 aliphatic heterocycles. The summed E-state index contributed by atoms with van der Waals surface area (Å²) in [6.07, 6.45) is 1.96. The number of aliphatic hydroxyl groups is 1. The summed E-state index contributed by atoms with van der Waals surface area (Å²) in [4.78, 5) is 4.19. The largest absolute Gasteiger partial charge is 0.387 e. The molecule has 1 rings (SSSR count). The molecule has 0 saturated carbocycles. The standard InChI is InChI=1S/C10H18N4OS/c1-10(15,7-16-2)6-12-8-4-3-5-9(13-8)14-11/h3-5,15H,6-7,11H2,1-2H3,(H2,12,13,14). The van der Waals surface area contributed by atoms with Gasteiger partial charge in [0.2, 0.25) is 0 Å². The zero-order chi connectivity index (χ0) is 12.0. The van der Waals surface area contributed by atoms with Gasteiger partial charge in [-0.15, -0.1) is 0 Å². The second-order valence-electron chi connectivity index (χ2n) is 3.84. The molecular formula is C10H18N4OS. The SMILES string of the molecule is CSCC(C)(O)CNc1cccc(NN)n1. The number of thioether (sulfide) groups is 1. The van der Waals surface area contributed by atoms with Gasteiger partial charge in [0, 0.05) is 12.3 Å². The summed E-state index contributed by atoms with van der Waals surface area (Å²) in [5.74, 6) is 7.21. The smallest absolute Gasteiger partial charge is 0.142 e. The molecule has 16 heavy (non-hydrogen) atoms. The van der Waals surface area contributed by atoms with Gasteiger partial charge < -0.3 is 15.8 Å². The molecule has 0 amide bonds. The van der Waals surface area contributed by atoms with Crippen molar-refractivity contribution in [2.45, 2.75) is 12.5 Å². The minimum atomic E-state index is -0.743. The molecule has 1 aromatic heterocycles. The summed E-state index contributed by atoms with van der Waals surface area (Å²) in [6, 6.07) is 5.44. The number of rotatable bonds is 6. The summed E-state index contributed by atoms with van der Waals surface area (Å²) in [5, 5.41) is 13.0. The summed E-state index contributed by atoms with van der Waals surface area (Å²) in [7, 11) is 0. The minimum absolute atomic E-state index is 0.453. The van der Waals surface area contributed by atoms with Crippen molar-refractivity contribution in [3.8, 4) is 0 Å². The van der Waals surface area contributed by atoms with Gasteiger partial charge in [-0.2, -0.15) is 11.8 Å². The van der Waals surface area contributed by atoms with E-state index in [2.05, 4.69) is 15.7 Å². The minimum Gasteiger partial charge on any atom is -0.387 e. The second-order valence-corrected chi connectivity index (χ2v) is 4.70. The third kappa shape index (κ3) is 4.26. The molecule has 1 atom stereocenters. The lowest BCUT2D eigenvalue weighted by molar-refractivity contribution is 0.0996. The van der Waals surface area contributed by atoms with E-state index in [1.165, 1.54) is 0 Å². The summed E-state index contributed by atoms with van der Waals surface area (Å²) >= 11 is 1.61. The summed E-state index contributed by atoms with van der Waals surface area (Å²) in [5.41, 5.74) is 1.73. The third-order valence-corrected chi connectivity index (χ3v) is 2.91. The van der Waals surface area contributed by atoms with Crippen LogP contribution < -0.4 is 16.6 Å². The van der Waals surface area contributed by atoms with E-state index in [0.717, 1.165) is 0 Å². The number of nitrogens with zero attached hydrogens (tertiary/aromatic N) is 1. The average Bonchev–Trinajstić information content (AvgIpc) is 2.27. The van der Waals surface area contributed by atoms with Crippen LogP contribution in [-0.2, 0) is 0 Å². The molecule has 0 aromatic carbocycles. The second kappa shape index (κ2) is 5.93. The Hall–Kier alpha value is -0.980. The predicted molar refractivity (Wildman–Crippen MR) is 69.5 cm³/mol. The van der Waals surface area contributed by atoms with Gasteiger partial charge in [0.1, 0.15) is 11.6 Å². The molecule has 0 aliphatic carbocycles. The first-order chi connectivity index (χ1) is 7.57. The molecule has 0 saturated heterocycles. The van der Waals surface area contributed by atoms with E-state index < -0.39 is 5.60 Å². The van der Waals surface area contributed by atoms with E-state index in [1.807, 2.05) is 18.4 Å². The number of aromatic nitrogens is 1. The van der Waals surface area contributed by atoms with E-state index in [4.69, 9.17) is 5.84 Å². The molecule has 0 spiro atoms. The topological polar surface area (TPSA) is 83.2 Å². The van der Waals surface area contributed by atoms with Crippen molar-refractivity contribution in [3.63, 3.8) is 0 Å². The fraction of sp³-hybridized carbons (Fsp3) is 0.500. The average molecular weight is 242 g/mol. The maximum Gasteiger partial charge on any atom is 0.142 e. The van der Waals surface area contributed by atoms with Gasteiger partial charge in [0.15, 0.2) is 0 Å². The van der Waals surface area contributed by atoms with Crippen LogP contribution in [0.2, 0.25) is 0 Å². The number of nitrogens with two attached hydrogens (primary N) is 1. The molecule has 0 radical (unpaired) electrons. The van der Waals surface area contributed by atoms with Crippen molar-refractivity contribution in [3.05, 3.63) is 18.2 Å². The van der Waals surface area contributed by atoms with Crippen molar-refractivity contribution in [2.75, 3.05) is 29.3 Å². The Bertz CT molecular complexity index is 332. The highest BCUT2D eigenvalue weighted by molar-refractivity contribution is 7.98. The van der Waals surface area contributed by atoms with Crippen molar-refractivity contribution in [1.82, 2.24) is 4.98 Å². The number of nitrogens with one attached hydrogen (secondary N) is 2. The summed E-state index contributed by atoms with van der Waals surface area (Å²) in [6.45, 7) is 2.25. The van der Waals surface area contributed by atoms with Gasteiger partial charge in [-0.05, 0) is 25.3 Å². The number of hydrazine groups is 1. The number of hydrogen-bond donors (Lipinski definition) is 4. The lowest BCUT2D eigenvalue weighted by Gasteiger charge is -2.22. The zero-order valence-electron chi connectivity index (χ0n) is 9.53. The maximum atomic E-state index is 9.95. The van der Waals surface area contributed by atoms with Gasteiger partial charge in [-0.3, -0.25) is 0 Å². The van der Waals surface area contributed by atoms with Crippen LogP contribution in [0.25, 0.3) is 0 Å². The van der Waals surface area contributed by atoms with E-state index >= 15 is 0 Å². The molecule has 0 aliphatic rings. The number of nitrogen functional groups attached to an aromatic ring is 1. The number of hydrogen-bond acceptors (Lipinski definition) is 6. The van der Waals surface area contributed by atoms with Crippen molar-refractivity contribution >= 4 is 23.4 Å². The molecule has 5 nitrogen and oxygen atoms in total.